The molecule has 1 aromatic rings. The summed E-state index contributed by atoms with van der Waals surface area (Å²) in [5.74, 6) is -0.736. The first-order valence-electron chi connectivity index (χ1n) is 6.28. The largest absolute Gasteiger partial charge is 0.428 e. The molecule has 1 fully saturated rings. The van der Waals surface area contributed by atoms with Gasteiger partial charge in [0.1, 0.15) is 12.3 Å². The molecule has 1 N–H and O–H groups in total. The Kier molecular flexibility index (Phi) is 4.70. The molecule has 2 rings (SSSR count). The summed E-state index contributed by atoms with van der Waals surface area (Å²) in [4.78, 5) is 17.5. The van der Waals surface area contributed by atoms with E-state index in [1.165, 1.54) is 20.0 Å². The summed E-state index contributed by atoms with van der Waals surface area (Å²) in [5.41, 5.74) is 1.57. The number of methoxy groups -OCH3 is 1. The average molecular weight is 266 g/mol. The molecule has 0 aromatic carbocycles. The van der Waals surface area contributed by atoms with Crippen LogP contribution in [0.15, 0.2) is 18.3 Å². The van der Waals surface area contributed by atoms with Crippen LogP contribution in [0.3, 0.4) is 0 Å². The van der Waals surface area contributed by atoms with Gasteiger partial charge in [0.25, 0.3) is 0 Å². The van der Waals surface area contributed by atoms with Gasteiger partial charge in [-0.1, -0.05) is 0 Å². The second-order valence-electron chi connectivity index (χ2n) is 4.35. The molecular formula is C13H18N2O4. The first kappa shape index (κ1) is 13.8. The summed E-state index contributed by atoms with van der Waals surface area (Å²) in [6, 6.07) is 3.78. The highest BCUT2D eigenvalue weighted by Crippen LogP contribution is 2.24. The smallest absolute Gasteiger partial charge is 0.334 e. The molecule has 19 heavy (non-hydrogen) atoms. The summed E-state index contributed by atoms with van der Waals surface area (Å²) in [7, 11) is 1.43. The molecule has 1 aromatic heterocycles. The first-order valence-corrected chi connectivity index (χ1v) is 6.28. The lowest BCUT2D eigenvalue weighted by atomic mass is 10.3. The molecule has 0 aliphatic carbocycles. The van der Waals surface area contributed by atoms with E-state index >= 15 is 0 Å². The number of esters is 1. The number of nitrogens with zero attached hydrogens (tertiary/aromatic N) is 2. The van der Waals surface area contributed by atoms with Crippen LogP contribution in [0.5, 0.6) is 0 Å². The van der Waals surface area contributed by atoms with E-state index in [9.17, 15) is 4.79 Å². The number of aliphatic hydroxyl groups is 1. The fourth-order valence-corrected chi connectivity index (χ4v) is 2.12. The van der Waals surface area contributed by atoms with Crippen LogP contribution in [0.2, 0.25) is 0 Å². The van der Waals surface area contributed by atoms with Crippen molar-refractivity contribution in [2.45, 2.75) is 19.1 Å². The standard InChI is InChI=1S/C13H18N2O4/c1-18-13(19-12(17)9-16)11-8-10(4-5-14-11)15-6-2-3-7-15/h4-5,8,13,16H,2-3,6-7,9H2,1H3. The Balaban J connectivity index is 2.13. The quantitative estimate of drug-likeness (QED) is 0.629. The minimum Gasteiger partial charge on any atom is -0.428 e. The second kappa shape index (κ2) is 6.49. The van der Waals surface area contributed by atoms with Gasteiger partial charge in [-0.3, -0.25) is 4.98 Å². The third-order valence-electron chi connectivity index (χ3n) is 3.06. The van der Waals surface area contributed by atoms with Gasteiger partial charge in [0.2, 0.25) is 6.29 Å². The maximum atomic E-state index is 11.1. The molecule has 0 amide bonds. The number of hydrogen-bond donors (Lipinski definition) is 1. The highest BCUT2D eigenvalue weighted by atomic mass is 16.7. The van der Waals surface area contributed by atoms with Gasteiger partial charge >= 0.3 is 5.97 Å². The zero-order valence-electron chi connectivity index (χ0n) is 10.9. The Bertz CT molecular complexity index is 432. The molecule has 1 aliphatic rings. The number of carbonyl (C=O) groups excluding carboxylic acids is 1. The minimum absolute atomic E-state index is 0.522. The highest BCUT2D eigenvalue weighted by molar-refractivity contribution is 5.70. The summed E-state index contributed by atoms with van der Waals surface area (Å²) >= 11 is 0. The Morgan fingerprint density at radius 2 is 2.26 bits per heavy atom. The van der Waals surface area contributed by atoms with E-state index in [4.69, 9.17) is 14.6 Å². The predicted molar refractivity (Wildman–Crippen MR) is 68.6 cm³/mol. The Morgan fingerprint density at radius 1 is 1.53 bits per heavy atom. The summed E-state index contributed by atoms with van der Waals surface area (Å²) in [6.07, 6.45) is 3.15. The van der Waals surface area contributed by atoms with E-state index in [1.54, 1.807) is 6.20 Å². The van der Waals surface area contributed by atoms with E-state index in [0.29, 0.717) is 5.69 Å². The van der Waals surface area contributed by atoms with Crippen molar-refractivity contribution in [2.24, 2.45) is 0 Å². The summed E-state index contributed by atoms with van der Waals surface area (Å²) < 4.78 is 10.1. The molecule has 1 aliphatic heterocycles. The Hall–Kier alpha value is -1.66. The average Bonchev–Trinajstić information content (AvgIpc) is 2.98. The van der Waals surface area contributed by atoms with E-state index < -0.39 is 18.9 Å². The monoisotopic (exact) mass is 266 g/mol. The van der Waals surface area contributed by atoms with E-state index in [2.05, 4.69) is 9.88 Å². The molecule has 0 bridgehead atoms. The molecule has 104 valence electrons. The number of aliphatic hydroxyl groups excluding tert-OH is 1. The molecule has 1 unspecified atom stereocenters. The van der Waals surface area contributed by atoms with Crippen molar-refractivity contribution in [3.05, 3.63) is 24.0 Å². The number of ether oxygens (including phenoxy) is 2. The third kappa shape index (κ3) is 3.42. The molecule has 1 saturated heterocycles. The lowest BCUT2D eigenvalue weighted by molar-refractivity contribution is -0.179. The lowest BCUT2D eigenvalue weighted by Crippen LogP contribution is -2.20. The number of anilines is 1. The van der Waals surface area contributed by atoms with Crippen molar-refractivity contribution in [2.75, 3.05) is 31.7 Å². The van der Waals surface area contributed by atoms with Crippen LogP contribution in [0.4, 0.5) is 5.69 Å². The zero-order valence-corrected chi connectivity index (χ0v) is 10.9. The maximum Gasteiger partial charge on any atom is 0.334 e. The van der Waals surface area contributed by atoms with Gasteiger partial charge in [-0.2, -0.15) is 0 Å². The highest BCUT2D eigenvalue weighted by Gasteiger charge is 2.19. The van der Waals surface area contributed by atoms with Crippen molar-refractivity contribution < 1.29 is 19.4 Å². The molecule has 1 atom stereocenters. The summed E-state index contributed by atoms with van der Waals surface area (Å²) in [6.45, 7) is 1.38. The topological polar surface area (TPSA) is 71.9 Å². The maximum absolute atomic E-state index is 11.1. The van der Waals surface area contributed by atoms with Crippen LogP contribution in [-0.2, 0) is 14.3 Å². The van der Waals surface area contributed by atoms with Gasteiger partial charge in [-0.05, 0) is 25.0 Å². The van der Waals surface area contributed by atoms with Crippen molar-refractivity contribution >= 4 is 11.7 Å². The lowest BCUT2D eigenvalue weighted by Gasteiger charge is -2.20. The first-order chi connectivity index (χ1) is 9.24. The molecular weight excluding hydrogens is 248 g/mol. The van der Waals surface area contributed by atoms with Crippen LogP contribution >= 0.6 is 0 Å². The number of hydrogen-bond acceptors (Lipinski definition) is 6. The van der Waals surface area contributed by atoms with Gasteiger partial charge < -0.3 is 19.5 Å². The number of aromatic nitrogens is 1. The summed E-state index contributed by atoms with van der Waals surface area (Å²) in [5, 5.41) is 8.69. The molecule has 6 nitrogen and oxygen atoms in total. The number of rotatable bonds is 5. The van der Waals surface area contributed by atoms with Gasteiger partial charge in [0.05, 0.1) is 0 Å². The molecule has 6 heteroatoms. The van der Waals surface area contributed by atoms with Gasteiger partial charge in [0.15, 0.2) is 0 Å². The van der Waals surface area contributed by atoms with Gasteiger partial charge in [0, 0.05) is 32.1 Å². The van der Waals surface area contributed by atoms with Crippen LogP contribution in [0.25, 0.3) is 0 Å². The fraction of sp³-hybridized carbons (Fsp3) is 0.538. The molecule has 0 saturated carbocycles. The van der Waals surface area contributed by atoms with Crippen LogP contribution in [0, 0.1) is 0 Å². The second-order valence-corrected chi connectivity index (χ2v) is 4.35. The molecule has 2 heterocycles. The van der Waals surface area contributed by atoms with Crippen molar-refractivity contribution in [1.29, 1.82) is 0 Å². The number of carbonyl (C=O) groups is 1. The normalized spacial score (nSPS) is 16.4. The minimum atomic E-state index is -0.887. The third-order valence-corrected chi connectivity index (χ3v) is 3.06. The van der Waals surface area contributed by atoms with Crippen molar-refractivity contribution in [3.8, 4) is 0 Å². The predicted octanol–water partition coefficient (Wildman–Crippen LogP) is 0.862. The zero-order chi connectivity index (χ0) is 13.7. The molecule has 0 radical (unpaired) electrons. The van der Waals surface area contributed by atoms with Crippen LogP contribution in [-0.4, -0.2) is 42.9 Å². The Labute approximate surface area is 112 Å². The Morgan fingerprint density at radius 3 is 2.89 bits per heavy atom. The van der Waals surface area contributed by atoms with Crippen molar-refractivity contribution in [3.63, 3.8) is 0 Å². The van der Waals surface area contributed by atoms with Crippen LogP contribution in [0.1, 0.15) is 24.8 Å². The van der Waals surface area contributed by atoms with E-state index in [-0.39, 0.29) is 0 Å². The van der Waals surface area contributed by atoms with E-state index in [1.807, 2.05) is 12.1 Å². The SMILES string of the molecule is COC(OC(=O)CO)c1cc(N2CCCC2)ccn1. The van der Waals surface area contributed by atoms with Crippen molar-refractivity contribution in [1.82, 2.24) is 4.98 Å². The fourth-order valence-electron chi connectivity index (χ4n) is 2.12. The molecule has 0 spiro atoms. The number of pyridine rings is 1. The van der Waals surface area contributed by atoms with E-state index in [0.717, 1.165) is 18.8 Å². The van der Waals surface area contributed by atoms with Gasteiger partial charge in [-0.15, -0.1) is 0 Å². The van der Waals surface area contributed by atoms with Gasteiger partial charge in [-0.25, -0.2) is 4.79 Å². The van der Waals surface area contributed by atoms with Crippen LogP contribution < -0.4 is 4.90 Å².